The van der Waals surface area contributed by atoms with E-state index in [0.29, 0.717) is 42.0 Å². The molecule has 220 valence electrons. The number of nitrogens with one attached hydrogen (secondary N) is 1. The number of fused-ring (bicyclic) bond motifs is 1. The van der Waals surface area contributed by atoms with Crippen LogP contribution in [0.4, 0.5) is 5.69 Å². The molecule has 0 saturated heterocycles. The van der Waals surface area contributed by atoms with E-state index in [1.807, 2.05) is 98.8 Å². The third-order valence-corrected chi connectivity index (χ3v) is 7.66. The Morgan fingerprint density at radius 2 is 1.58 bits per heavy atom. The molecule has 0 fully saturated rings. The molecule has 43 heavy (non-hydrogen) atoms. The van der Waals surface area contributed by atoms with Crippen molar-refractivity contribution in [2.75, 3.05) is 31.1 Å². The lowest BCUT2D eigenvalue weighted by atomic mass is 9.95. The molecule has 5 rings (SSSR count). The Kier molecular flexibility index (Phi) is 9.26. The van der Waals surface area contributed by atoms with Crippen LogP contribution in [0.15, 0.2) is 95.4 Å². The molecule has 1 N–H and O–H groups in total. The normalized spacial score (nSPS) is 11.0. The maximum absolute atomic E-state index is 13.4. The average molecular weight is 575 g/mol. The Morgan fingerprint density at radius 1 is 0.837 bits per heavy atom. The van der Waals surface area contributed by atoms with Crippen LogP contribution in [-0.2, 0) is 0 Å². The van der Waals surface area contributed by atoms with Gasteiger partial charge >= 0.3 is 0 Å². The minimum absolute atomic E-state index is 0.0294. The predicted molar refractivity (Wildman–Crippen MR) is 174 cm³/mol. The summed E-state index contributed by atoms with van der Waals surface area (Å²) < 4.78 is 12.2. The lowest BCUT2D eigenvalue weighted by Crippen LogP contribution is -2.28. The van der Waals surface area contributed by atoms with E-state index in [-0.39, 0.29) is 11.7 Å². The summed E-state index contributed by atoms with van der Waals surface area (Å²) in [4.78, 5) is 28.7. The number of benzene rings is 4. The van der Waals surface area contributed by atoms with Crippen LogP contribution in [0, 0.1) is 6.92 Å². The first-order valence-electron chi connectivity index (χ1n) is 15.0. The molecule has 1 amide bonds. The highest BCUT2D eigenvalue weighted by Gasteiger charge is 2.24. The molecule has 0 saturated carbocycles. The van der Waals surface area contributed by atoms with Gasteiger partial charge in [0.1, 0.15) is 23.7 Å². The van der Waals surface area contributed by atoms with E-state index in [9.17, 15) is 9.59 Å². The summed E-state index contributed by atoms with van der Waals surface area (Å²) in [5, 5.41) is 3.74. The number of furan rings is 1. The zero-order valence-electron chi connectivity index (χ0n) is 25.3. The molecule has 0 radical (unpaired) electrons. The molecule has 0 aliphatic rings. The number of hydrogen-bond donors (Lipinski definition) is 1. The number of para-hydroxylation sites is 1. The van der Waals surface area contributed by atoms with Crippen molar-refractivity contribution >= 4 is 28.3 Å². The van der Waals surface area contributed by atoms with Crippen molar-refractivity contribution in [3.63, 3.8) is 0 Å². The van der Waals surface area contributed by atoms with Gasteiger partial charge in [0.05, 0.1) is 12.1 Å². The van der Waals surface area contributed by atoms with E-state index in [2.05, 4.69) is 30.1 Å². The number of ketones is 1. The molecule has 0 aliphatic heterocycles. The third kappa shape index (κ3) is 6.49. The number of Topliss-reactive ketones (excluding diaryl/α,β-unsaturated/α-hetero) is 1. The molecule has 5 aromatic rings. The van der Waals surface area contributed by atoms with Gasteiger partial charge in [0.25, 0.3) is 5.91 Å². The number of aryl methyl sites for hydroxylation is 1. The first-order valence-corrected chi connectivity index (χ1v) is 15.0. The number of carbonyl (C=O) groups is 2. The van der Waals surface area contributed by atoms with Crippen LogP contribution in [0.2, 0.25) is 0 Å². The number of anilines is 1. The van der Waals surface area contributed by atoms with E-state index >= 15 is 0 Å². The van der Waals surface area contributed by atoms with Gasteiger partial charge in [0.15, 0.2) is 5.78 Å². The van der Waals surface area contributed by atoms with Crippen molar-refractivity contribution < 1.29 is 18.7 Å². The number of nitrogens with zero attached hydrogens (tertiary/aromatic N) is 1. The summed E-state index contributed by atoms with van der Waals surface area (Å²) in [6.07, 6.45) is 0.365. The van der Waals surface area contributed by atoms with Crippen molar-refractivity contribution in [3.05, 3.63) is 108 Å². The molecule has 0 spiro atoms. The zero-order valence-corrected chi connectivity index (χ0v) is 25.3. The van der Waals surface area contributed by atoms with Crippen LogP contribution in [0.5, 0.6) is 5.75 Å². The van der Waals surface area contributed by atoms with Gasteiger partial charge < -0.3 is 19.4 Å². The Bertz CT molecular complexity index is 1720. The fourth-order valence-electron chi connectivity index (χ4n) is 5.33. The van der Waals surface area contributed by atoms with E-state index in [1.165, 1.54) is 0 Å². The van der Waals surface area contributed by atoms with Crippen molar-refractivity contribution in [2.45, 2.75) is 34.1 Å². The molecule has 0 aliphatic carbocycles. The maximum Gasteiger partial charge on any atom is 0.251 e. The average Bonchev–Trinajstić information content (AvgIpc) is 3.42. The summed E-state index contributed by atoms with van der Waals surface area (Å²) >= 11 is 0. The van der Waals surface area contributed by atoms with E-state index < -0.39 is 0 Å². The first kappa shape index (κ1) is 29.6. The van der Waals surface area contributed by atoms with Crippen LogP contribution in [0.3, 0.4) is 0 Å². The molecule has 1 heterocycles. The Labute approximate surface area is 253 Å². The predicted octanol–water partition coefficient (Wildman–Crippen LogP) is 8.32. The van der Waals surface area contributed by atoms with Gasteiger partial charge in [-0.1, -0.05) is 67.1 Å². The number of carbonyl (C=O) groups excluding carboxylic acids is 2. The van der Waals surface area contributed by atoms with Crippen LogP contribution in [0.1, 0.15) is 53.5 Å². The number of hydrogen-bond acceptors (Lipinski definition) is 5. The molecule has 6 nitrogen and oxygen atoms in total. The monoisotopic (exact) mass is 574 g/mol. The van der Waals surface area contributed by atoms with Crippen LogP contribution < -0.4 is 15.0 Å². The largest absolute Gasteiger partial charge is 0.492 e. The molecule has 4 aromatic carbocycles. The van der Waals surface area contributed by atoms with Crippen molar-refractivity contribution in [3.8, 4) is 28.2 Å². The van der Waals surface area contributed by atoms with E-state index in [4.69, 9.17) is 9.15 Å². The molecule has 1 aromatic heterocycles. The molecule has 0 unspecified atom stereocenters. The second kappa shape index (κ2) is 13.4. The molecule has 0 bridgehead atoms. The van der Waals surface area contributed by atoms with Gasteiger partial charge in [-0.15, -0.1) is 0 Å². The first-order chi connectivity index (χ1) is 20.9. The second-order valence-corrected chi connectivity index (χ2v) is 10.5. The summed E-state index contributed by atoms with van der Waals surface area (Å²) in [7, 11) is 0. The van der Waals surface area contributed by atoms with Gasteiger partial charge in [-0.3, -0.25) is 9.59 Å². The standard InChI is InChI=1S/C37H38N2O4/c1-5-33(40)35-31-23-30(27-12-11-13-28(22-27)37(41)38-20-21-42-29-14-9-8-10-15-29)32(39(6-2)7-3)24-34(31)43-36(35)26-18-16-25(4)17-19-26/h8-19,22-24H,5-7,20-21H2,1-4H3,(H,38,41). The summed E-state index contributed by atoms with van der Waals surface area (Å²) in [6, 6.07) is 29.3. The van der Waals surface area contributed by atoms with E-state index in [1.54, 1.807) is 0 Å². The molecule has 0 atom stereocenters. The summed E-state index contributed by atoms with van der Waals surface area (Å²) in [5.74, 6) is 1.22. The number of amides is 1. The number of ether oxygens (including phenoxy) is 1. The highest BCUT2D eigenvalue weighted by molar-refractivity contribution is 6.13. The fraction of sp³-hybridized carbons (Fsp3) is 0.243. The molecular weight excluding hydrogens is 536 g/mol. The minimum Gasteiger partial charge on any atom is -0.492 e. The fourth-order valence-corrected chi connectivity index (χ4v) is 5.33. The summed E-state index contributed by atoms with van der Waals surface area (Å²) in [5.41, 5.74) is 6.67. The SMILES string of the molecule is CCC(=O)c1c(-c2ccc(C)cc2)oc2cc(N(CC)CC)c(-c3cccc(C(=O)NCCOc4ccccc4)c3)cc12. The smallest absolute Gasteiger partial charge is 0.251 e. The quantitative estimate of drug-likeness (QED) is 0.120. The zero-order chi connectivity index (χ0) is 30.3. The highest BCUT2D eigenvalue weighted by atomic mass is 16.5. The molecular formula is C37H38N2O4. The Morgan fingerprint density at radius 3 is 2.28 bits per heavy atom. The number of rotatable bonds is 12. The van der Waals surface area contributed by atoms with Crippen LogP contribution >= 0.6 is 0 Å². The van der Waals surface area contributed by atoms with Gasteiger partial charge in [0, 0.05) is 53.3 Å². The highest BCUT2D eigenvalue weighted by Crippen LogP contribution is 2.41. The van der Waals surface area contributed by atoms with Crippen LogP contribution in [-0.4, -0.2) is 37.9 Å². The van der Waals surface area contributed by atoms with Gasteiger partial charge in [0.2, 0.25) is 0 Å². The lowest BCUT2D eigenvalue weighted by molar-refractivity contribution is 0.0945. The maximum atomic E-state index is 13.4. The minimum atomic E-state index is -0.171. The van der Waals surface area contributed by atoms with Gasteiger partial charge in [-0.05, 0) is 56.7 Å². The van der Waals surface area contributed by atoms with Crippen molar-refractivity contribution in [1.29, 1.82) is 0 Å². The topological polar surface area (TPSA) is 71.8 Å². The summed E-state index contributed by atoms with van der Waals surface area (Å²) in [6.45, 7) is 10.5. The molecule has 6 heteroatoms. The third-order valence-electron chi connectivity index (χ3n) is 7.66. The van der Waals surface area contributed by atoms with Gasteiger partial charge in [-0.2, -0.15) is 0 Å². The van der Waals surface area contributed by atoms with Crippen LogP contribution in [0.25, 0.3) is 33.4 Å². The second-order valence-electron chi connectivity index (χ2n) is 10.5. The Balaban J connectivity index is 1.53. The lowest BCUT2D eigenvalue weighted by Gasteiger charge is -2.24. The Hall–Kier alpha value is -4.84. The van der Waals surface area contributed by atoms with E-state index in [0.717, 1.165) is 52.2 Å². The van der Waals surface area contributed by atoms with Gasteiger partial charge in [-0.25, -0.2) is 0 Å². The van der Waals surface area contributed by atoms with Crippen molar-refractivity contribution in [1.82, 2.24) is 5.32 Å². The van der Waals surface area contributed by atoms with Crippen molar-refractivity contribution in [2.24, 2.45) is 0 Å².